The molecule has 2 aromatic rings. The number of fused-ring (bicyclic) bond motifs is 1. The smallest absolute Gasteiger partial charge is 0.495 e. The first-order valence-electron chi connectivity index (χ1n) is 6.85. The van der Waals surface area contributed by atoms with Crippen LogP contribution in [-0.2, 0) is 9.31 Å². The molecule has 1 fully saturated rings. The summed E-state index contributed by atoms with van der Waals surface area (Å²) in [6.45, 7) is 8.21. The molecule has 1 saturated heterocycles. The van der Waals surface area contributed by atoms with Gasteiger partial charge in [-0.05, 0) is 39.8 Å². The van der Waals surface area contributed by atoms with Gasteiger partial charge >= 0.3 is 7.12 Å². The molecular weight excluding hydrogens is 253 g/mol. The van der Waals surface area contributed by atoms with Crippen LogP contribution in [0.25, 0.3) is 10.9 Å². The van der Waals surface area contributed by atoms with Gasteiger partial charge in [-0.3, -0.25) is 0 Å². The summed E-state index contributed by atoms with van der Waals surface area (Å²) in [7, 11) is 1.29. The van der Waals surface area contributed by atoms with E-state index in [-0.39, 0.29) is 19.7 Å². The van der Waals surface area contributed by atoms with Crippen LogP contribution < -0.4 is 10.3 Å². The second kappa shape index (κ2) is 4.27. The van der Waals surface area contributed by atoms with Crippen LogP contribution in [0.15, 0.2) is 24.3 Å². The molecule has 1 N–H and O–H groups in total. The summed E-state index contributed by atoms with van der Waals surface area (Å²) >= 11 is 0. The first-order valence-corrected chi connectivity index (χ1v) is 6.85. The summed E-state index contributed by atoms with van der Waals surface area (Å²) in [6.07, 6.45) is 0. The minimum absolute atomic E-state index is 0. The van der Waals surface area contributed by atoms with E-state index in [0.29, 0.717) is 0 Å². The lowest BCUT2D eigenvalue weighted by atomic mass is 9.85. The van der Waals surface area contributed by atoms with Crippen LogP contribution in [0.1, 0.15) is 29.1 Å². The van der Waals surface area contributed by atoms with Crippen molar-refractivity contribution in [1.82, 2.24) is 4.98 Å². The highest BCUT2D eigenvalue weighted by Crippen LogP contribution is 2.36. The van der Waals surface area contributed by atoms with Crippen molar-refractivity contribution in [2.45, 2.75) is 38.9 Å². The van der Waals surface area contributed by atoms with Gasteiger partial charge in [-0.2, -0.15) is 0 Å². The number of H-pyrrole nitrogens is 1. The molecule has 108 valence electrons. The van der Waals surface area contributed by atoms with E-state index in [1.54, 1.807) is 7.11 Å². The Kier molecular flexibility index (Phi) is 2.89. The number of rotatable bonds is 2. The Morgan fingerprint density at radius 3 is 2.40 bits per heavy atom. The van der Waals surface area contributed by atoms with Gasteiger partial charge in [0.05, 0.1) is 23.8 Å². The molecule has 0 atom stereocenters. The fraction of sp³-hybridized carbons (Fsp3) is 0.467. The number of aromatic amines is 1. The largest absolute Gasteiger partial charge is 0.512 e. The number of hydrogen-bond acceptors (Lipinski definition) is 3. The maximum absolute atomic E-state index is 6.06. The predicted molar refractivity (Wildman–Crippen MR) is 82.7 cm³/mol. The summed E-state index contributed by atoms with van der Waals surface area (Å²) in [6, 6.07) is 8.01. The van der Waals surface area contributed by atoms with E-state index in [0.717, 1.165) is 22.2 Å². The van der Waals surface area contributed by atoms with E-state index in [1.165, 1.54) is 0 Å². The Hall–Kier alpha value is -1.46. The van der Waals surface area contributed by atoms with Gasteiger partial charge in [-0.15, -0.1) is 0 Å². The van der Waals surface area contributed by atoms with Crippen molar-refractivity contribution in [3.8, 4) is 5.75 Å². The van der Waals surface area contributed by atoms with Crippen LogP contribution in [0.3, 0.4) is 0 Å². The summed E-state index contributed by atoms with van der Waals surface area (Å²) in [4.78, 5) is 3.36. The molecule has 3 rings (SSSR count). The molecule has 0 unspecified atom stereocenters. The van der Waals surface area contributed by atoms with Gasteiger partial charge in [0.2, 0.25) is 0 Å². The number of para-hydroxylation sites is 1. The summed E-state index contributed by atoms with van der Waals surface area (Å²) in [5, 5.41) is 1.09. The normalized spacial score (nSPS) is 20.6. The molecule has 5 heteroatoms. The average molecular weight is 275 g/mol. The van der Waals surface area contributed by atoms with Crippen LogP contribution >= 0.6 is 0 Å². The van der Waals surface area contributed by atoms with Crippen LogP contribution in [0.5, 0.6) is 5.75 Å². The molecule has 1 aromatic heterocycles. The van der Waals surface area contributed by atoms with E-state index in [1.807, 2.05) is 18.2 Å². The highest BCUT2D eigenvalue weighted by Gasteiger charge is 2.52. The number of ether oxygens (including phenoxy) is 1. The monoisotopic (exact) mass is 275 g/mol. The third kappa shape index (κ3) is 1.93. The molecule has 2 heterocycles. The molecule has 0 saturated carbocycles. The van der Waals surface area contributed by atoms with Crippen molar-refractivity contribution >= 4 is 23.6 Å². The van der Waals surface area contributed by atoms with Gasteiger partial charge in [0.15, 0.2) is 0 Å². The molecule has 0 radical (unpaired) electrons. The van der Waals surface area contributed by atoms with Crippen molar-refractivity contribution in [1.29, 1.82) is 0 Å². The Labute approximate surface area is 121 Å². The van der Waals surface area contributed by atoms with Gasteiger partial charge < -0.3 is 19.0 Å². The van der Waals surface area contributed by atoms with Crippen molar-refractivity contribution in [2.75, 3.05) is 7.11 Å². The van der Waals surface area contributed by atoms with Crippen molar-refractivity contribution in [2.24, 2.45) is 0 Å². The summed E-state index contributed by atoms with van der Waals surface area (Å²) in [5.41, 5.74) is 1.22. The Balaban J connectivity index is 0.00000161. The average Bonchev–Trinajstić information content (AvgIpc) is 2.88. The standard InChI is InChI=1S/C15H20BNO3.H2/c1-14(2)15(3,4)20-16(19-14)12-9-10-7-6-8-11(18-5)13(10)17-12;/h6-9,17H,1-5H3;1H. The van der Waals surface area contributed by atoms with E-state index in [2.05, 4.69) is 38.7 Å². The van der Waals surface area contributed by atoms with Crippen molar-refractivity contribution in [3.63, 3.8) is 0 Å². The number of aromatic nitrogens is 1. The molecule has 1 aromatic carbocycles. The predicted octanol–water partition coefficient (Wildman–Crippen LogP) is 2.72. The lowest BCUT2D eigenvalue weighted by Gasteiger charge is -2.32. The highest BCUT2D eigenvalue weighted by atomic mass is 16.7. The zero-order valence-corrected chi connectivity index (χ0v) is 12.6. The minimum Gasteiger partial charge on any atom is -0.495 e. The number of nitrogens with one attached hydrogen (secondary N) is 1. The first kappa shape index (κ1) is 13.5. The lowest BCUT2D eigenvalue weighted by Crippen LogP contribution is -2.41. The molecule has 1 aliphatic heterocycles. The molecule has 4 nitrogen and oxygen atoms in total. The van der Waals surface area contributed by atoms with Crippen LogP contribution in [0.2, 0.25) is 0 Å². The first-order chi connectivity index (χ1) is 9.34. The zero-order chi connectivity index (χ0) is 14.5. The van der Waals surface area contributed by atoms with E-state index in [9.17, 15) is 0 Å². The number of benzene rings is 1. The second-order valence-corrected chi connectivity index (χ2v) is 6.24. The molecule has 20 heavy (non-hydrogen) atoms. The maximum atomic E-state index is 6.06. The quantitative estimate of drug-likeness (QED) is 0.857. The second-order valence-electron chi connectivity index (χ2n) is 6.24. The number of hydrogen-bond donors (Lipinski definition) is 1. The van der Waals surface area contributed by atoms with Crippen LogP contribution in [-0.4, -0.2) is 30.4 Å². The summed E-state index contributed by atoms with van der Waals surface area (Å²) < 4.78 is 17.5. The van der Waals surface area contributed by atoms with Crippen LogP contribution in [0.4, 0.5) is 0 Å². The van der Waals surface area contributed by atoms with E-state index < -0.39 is 0 Å². The van der Waals surface area contributed by atoms with Gasteiger partial charge in [0.25, 0.3) is 0 Å². The van der Waals surface area contributed by atoms with Gasteiger partial charge in [-0.1, -0.05) is 12.1 Å². The Morgan fingerprint density at radius 2 is 1.80 bits per heavy atom. The molecule has 0 amide bonds. The SMILES string of the molecule is COc1cccc2cc(B3OC(C)(C)C(C)(C)O3)[nH]c12.[HH]. The van der Waals surface area contributed by atoms with Gasteiger partial charge in [-0.25, -0.2) is 0 Å². The molecule has 0 bridgehead atoms. The fourth-order valence-corrected chi connectivity index (χ4v) is 2.42. The topological polar surface area (TPSA) is 43.5 Å². The van der Waals surface area contributed by atoms with Gasteiger partial charge in [0.1, 0.15) is 5.75 Å². The van der Waals surface area contributed by atoms with E-state index in [4.69, 9.17) is 14.0 Å². The lowest BCUT2D eigenvalue weighted by molar-refractivity contribution is 0.00578. The molecule has 0 spiro atoms. The van der Waals surface area contributed by atoms with Gasteiger partial charge in [0, 0.05) is 12.4 Å². The highest BCUT2D eigenvalue weighted by molar-refractivity contribution is 6.61. The third-order valence-electron chi connectivity index (χ3n) is 4.37. The molecule has 0 aliphatic carbocycles. The summed E-state index contributed by atoms with van der Waals surface area (Å²) in [5.74, 6) is 0.824. The number of methoxy groups -OCH3 is 1. The third-order valence-corrected chi connectivity index (χ3v) is 4.37. The van der Waals surface area contributed by atoms with Crippen molar-refractivity contribution in [3.05, 3.63) is 24.3 Å². The zero-order valence-electron chi connectivity index (χ0n) is 12.6. The van der Waals surface area contributed by atoms with E-state index >= 15 is 0 Å². The van der Waals surface area contributed by atoms with Crippen LogP contribution in [0, 0.1) is 0 Å². The maximum Gasteiger partial charge on any atom is 0.512 e. The molecule has 1 aliphatic rings. The fourth-order valence-electron chi connectivity index (χ4n) is 2.42. The Bertz CT molecular complexity index is 637. The van der Waals surface area contributed by atoms with Crippen molar-refractivity contribution < 1.29 is 15.5 Å². The molecular formula is C15H22BNO3. The minimum atomic E-state index is -0.378. The Morgan fingerprint density at radius 1 is 1.15 bits per heavy atom.